The Hall–Kier alpha value is -0.610. The van der Waals surface area contributed by atoms with E-state index in [4.69, 9.17) is 0 Å². The molecular formula is C13H25N3O. The van der Waals surface area contributed by atoms with Gasteiger partial charge in [0.1, 0.15) is 0 Å². The van der Waals surface area contributed by atoms with E-state index in [9.17, 15) is 4.79 Å². The van der Waals surface area contributed by atoms with Crippen molar-refractivity contribution < 1.29 is 4.79 Å². The molecule has 17 heavy (non-hydrogen) atoms. The number of hydrogen-bond acceptors (Lipinski definition) is 3. The zero-order valence-corrected chi connectivity index (χ0v) is 10.9. The summed E-state index contributed by atoms with van der Waals surface area (Å²) in [5.41, 5.74) is 0. The van der Waals surface area contributed by atoms with Gasteiger partial charge in [-0.15, -0.1) is 0 Å². The van der Waals surface area contributed by atoms with E-state index in [1.165, 1.54) is 32.1 Å². The summed E-state index contributed by atoms with van der Waals surface area (Å²) >= 11 is 0. The number of carbonyl (C=O) groups is 1. The molecule has 2 fully saturated rings. The quantitative estimate of drug-likeness (QED) is 0.746. The van der Waals surface area contributed by atoms with Crippen LogP contribution in [0.25, 0.3) is 0 Å². The Morgan fingerprint density at radius 2 is 2.06 bits per heavy atom. The van der Waals surface area contributed by atoms with Crippen LogP contribution >= 0.6 is 0 Å². The number of carbonyl (C=O) groups excluding carboxylic acids is 1. The van der Waals surface area contributed by atoms with Gasteiger partial charge in [-0.25, -0.2) is 0 Å². The predicted octanol–water partition coefficient (Wildman–Crippen LogP) is 0.729. The van der Waals surface area contributed by atoms with Gasteiger partial charge in [-0.2, -0.15) is 0 Å². The van der Waals surface area contributed by atoms with Gasteiger partial charge in [-0.1, -0.05) is 6.42 Å². The van der Waals surface area contributed by atoms with Gasteiger partial charge < -0.3 is 10.6 Å². The highest BCUT2D eigenvalue weighted by molar-refractivity contribution is 5.81. The van der Waals surface area contributed by atoms with Crippen molar-refractivity contribution in [3.05, 3.63) is 0 Å². The van der Waals surface area contributed by atoms with Crippen LogP contribution in [-0.2, 0) is 4.79 Å². The Balaban J connectivity index is 2.01. The van der Waals surface area contributed by atoms with Gasteiger partial charge in [0.2, 0.25) is 5.91 Å². The molecule has 2 saturated heterocycles. The fourth-order valence-electron chi connectivity index (χ4n) is 3.17. The number of amides is 1. The summed E-state index contributed by atoms with van der Waals surface area (Å²) in [5.74, 6) is 0.210. The number of nitrogens with zero attached hydrogens (tertiary/aromatic N) is 1. The first-order chi connectivity index (χ1) is 8.33. The molecule has 0 spiro atoms. The third-order valence-electron chi connectivity index (χ3n) is 4.11. The van der Waals surface area contributed by atoms with E-state index < -0.39 is 0 Å². The van der Waals surface area contributed by atoms with Crippen molar-refractivity contribution in [3.63, 3.8) is 0 Å². The lowest BCUT2D eigenvalue weighted by Crippen LogP contribution is -2.53. The van der Waals surface area contributed by atoms with Crippen molar-refractivity contribution in [3.8, 4) is 0 Å². The maximum absolute atomic E-state index is 11.9. The van der Waals surface area contributed by atoms with Crippen molar-refractivity contribution in [2.45, 2.75) is 50.6 Å². The average Bonchev–Trinajstić information content (AvgIpc) is 2.66. The maximum atomic E-state index is 11.9. The molecular weight excluding hydrogens is 214 g/mol. The van der Waals surface area contributed by atoms with Gasteiger partial charge in [0.05, 0.1) is 6.04 Å². The molecule has 4 heteroatoms. The van der Waals surface area contributed by atoms with Crippen LogP contribution in [-0.4, -0.2) is 49.6 Å². The van der Waals surface area contributed by atoms with Gasteiger partial charge in [0, 0.05) is 13.1 Å². The molecule has 0 saturated carbocycles. The summed E-state index contributed by atoms with van der Waals surface area (Å²) in [6.45, 7) is 3.33. The molecule has 98 valence electrons. The number of likely N-dealkylation sites (N-methyl/N-ethyl adjacent to an activating group) is 1. The minimum atomic E-state index is 0.122. The molecule has 0 aromatic rings. The first-order valence-corrected chi connectivity index (χ1v) is 7.01. The molecule has 2 aliphatic rings. The lowest BCUT2D eigenvalue weighted by molar-refractivity contribution is -0.128. The molecule has 2 aliphatic heterocycles. The van der Waals surface area contributed by atoms with Crippen LogP contribution in [0.15, 0.2) is 0 Å². The van der Waals surface area contributed by atoms with Crippen LogP contribution in [0.5, 0.6) is 0 Å². The first kappa shape index (κ1) is 12.8. The summed E-state index contributed by atoms with van der Waals surface area (Å²) in [7, 11) is 1.75. The fraction of sp³-hybridized carbons (Fsp3) is 0.923. The third-order valence-corrected chi connectivity index (χ3v) is 4.11. The molecule has 2 heterocycles. The number of nitrogens with one attached hydrogen (secondary N) is 2. The van der Waals surface area contributed by atoms with E-state index in [2.05, 4.69) is 15.5 Å². The molecule has 2 rings (SSSR count). The summed E-state index contributed by atoms with van der Waals surface area (Å²) < 4.78 is 0. The van der Waals surface area contributed by atoms with Crippen molar-refractivity contribution in [2.75, 3.05) is 26.7 Å². The normalized spacial score (nSPS) is 31.8. The third kappa shape index (κ3) is 3.19. The summed E-state index contributed by atoms with van der Waals surface area (Å²) in [6.07, 6.45) is 7.14. The van der Waals surface area contributed by atoms with Gasteiger partial charge in [-0.05, 0) is 51.7 Å². The maximum Gasteiger partial charge on any atom is 0.237 e. The second kappa shape index (κ2) is 6.36. The molecule has 0 bridgehead atoms. The van der Waals surface area contributed by atoms with Crippen LogP contribution in [0.3, 0.4) is 0 Å². The van der Waals surface area contributed by atoms with Crippen LogP contribution < -0.4 is 10.6 Å². The Morgan fingerprint density at radius 1 is 1.18 bits per heavy atom. The second-order valence-corrected chi connectivity index (χ2v) is 5.20. The summed E-state index contributed by atoms with van der Waals surface area (Å²) in [4.78, 5) is 14.4. The molecule has 1 amide bonds. The lowest BCUT2D eigenvalue weighted by atomic mass is 9.96. The number of rotatable bonds is 2. The van der Waals surface area contributed by atoms with Crippen LogP contribution in [0.1, 0.15) is 38.5 Å². The minimum absolute atomic E-state index is 0.122. The zero-order chi connectivity index (χ0) is 12.1. The molecule has 2 atom stereocenters. The predicted molar refractivity (Wildman–Crippen MR) is 68.9 cm³/mol. The van der Waals surface area contributed by atoms with Gasteiger partial charge in [0.25, 0.3) is 0 Å². The number of likely N-dealkylation sites (tertiary alicyclic amines) is 1. The van der Waals surface area contributed by atoms with Crippen LogP contribution in [0.4, 0.5) is 0 Å². The van der Waals surface area contributed by atoms with E-state index in [1.807, 2.05) is 0 Å². The van der Waals surface area contributed by atoms with Crippen molar-refractivity contribution in [1.29, 1.82) is 0 Å². The van der Waals surface area contributed by atoms with Crippen molar-refractivity contribution in [1.82, 2.24) is 15.5 Å². The Kier molecular flexibility index (Phi) is 4.80. The van der Waals surface area contributed by atoms with Crippen LogP contribution in [0.2, 0.25) is 0 Å². The smallest absolute Gasteiger partial charge is 0.237 e. The SMILES string of the molecule is CNC(=O)C1CCCCN1C1CCCNCC1. The van der Waals surface area contributed by atoms with E-state index in [0.29, 0.717) is 6.04 Å². The first-order valence-electron chi connectivity index (χ1n) is 7.01. The van der Waals surface area contributed by atoms with E-state index in [-0.39, 0.29) is 11.9 Å². The molecule has 2 unspecified atom stereocenters. The zero-order valence-electron chi connectivity index (χ0n) is 10.9. The Morgan fingerprint density at radius 3 is 2.88 bits per heavy atom. The molecule has 0 aromatic heterocycles. The summed E-state index contributed by atoms with van der Waals surface area (Å²) in [5, 5.41) is 6.27. The van der Waals surface area contributed by atoms with Crippen molar-refractivity contribution in [2.24, 2.45) is 0 Å². The molecule has 4 nitrogen and oxygen atoms in total. The Bertz CT molecular complexity index is 249. The summed E-state index contributed by atoms with van der Waals surface area (Å²) in [6, 6.07) is 0.726. The van der Waals surface area contributed by atoms with Gasteiger partial charge in [-0.3, -0.25) is 9.69 Å². The topological polar surface area (TPSA) is 44.4 Å². The molecule has 0 radical (unpaired) electrons. The monoisotopic (exact) mass is 239 g/mol. The molecule has 0 aliphatic carbocycles. The van der Waals surface area contributed by atoms with Crippen LogP contribution in [0, 0.1) is 0 Å². The molecule has 0 aromatic carbocycles. The minimum Gasteiger partial charge on any atom is -0.358 e. The van der Waals surface area contributed by atoms with E-state index in [0.717, 1.165) is 26.1 Å². The van der Waals surface area contributed by atoms with E-state index in [1.54, 1.807) is 7.05 Å². The average molecular weight is 239 g/mol. The Labute approximate surface area is 104 Å². The fourth-order valence-corrected chi connectivity index (χ4v) is 3.17. The van der Waals surface area contributed by atoms with Gasteiger partial charge in [0.15, 0.2) is 0 Å². The van der Waals surface area contributed by atoms with E-state index >= 15 is 0 Å². The van der Waals surface area contributed by atoms with Crippen molar-refractivity contribution >= 4 is 5.91 Å². The van der Waals surface area contributed by atoms with Gasteiger partial charge >= 0.3 is 0 Å². The number of hydrogen-bond donors (Lipinski definition) is 2. The highest BCUT2D eigenvalue weighted by Gasteiger charge is 2.32. The standard InChI is InChI=1S/C13H25N3O/c1-14-13(17)12-6-2-3-10-16(12)11-5-4-8-15-9-7-11/h11-12,15H,2-10H2,1H3,(H,14,17). The highest BCUT2D eigenvalue weighted by Crippen LogP contribution is 2.24. The number of piperidine rings is 1. The largest absolute Gasteiger partial charge is 0.358 e. The second-order valence-electron chi connectivity index (χ2n) is 5.20. The lowest BCUT2D eigenvalue weighted by Gasteiger charge is -2.40. The highest BCUT2D eigenvalue weighted by atomic mass is 16.2. The molecule has 2 N–H and O–H groups in total.